The fraction of sp³-hybridized carbons (Fsp3) is 0.357. The summed E-state index contributed by atoms with van der Waals surface area (Å²) in [7, 11) is 1.35. The Morgan fingerprint density at radius 1 is 1.30 bits per heavy atom. The van der Waals surface area contributed by atoms with E-state index >= 15 is 0 Å². The Hall–Kier alpha value is -2.00. The van der Waals surface area contributed by atoms with Gasteiger partial charge in [-0.25, -0.2) is 0 Å². The van der Waals surface area contributed by atoms with Gasteiger partial charge in [-0.15, -0.1) is 0 Å². The second-order valence-corrected chi connectivity index (χ2v) is 5.12. The molecule has 0 aliphatic carbocycles. The van der Waals surface area contributed by atoms with Crippen LogP contribution in [-0.2, 0) is 14.3 Å². The number of hydrogen-bond donors (Lipinski definition) is 1. The Morgan fingerprint density at radius 2 is 2.00 bits per heavy atom. The van der Waals surface area contributed by atoms with Gasteiger partial charge in [-0.1, -0.05) is 12.1 Å². The van der Waals surface area contributed by atoms with Gasteiger partial charge < -0.3 is 10.1 Å². The number of nitrogens with zero attached hydrogens (tertiary/aromatic N) is 1. The van der Waals surface area contributed by atoms with Crippen molar-refractivity contribution >= 4 is 29.3 Å². The number of anilines is 1. The number of para-hydroxylation sites is 1. The fourth-order valence-corrected chi connectivity index (χ4v) is 2.27. The van der Waals surface area contributed by atoms with E-state index in [0.29, 0.717) is 35.6 Å². The summed E-state index contributed by atoms with van der Waals surface area (Å²) in [5.74, 6) is 0.870. The highest BCUT2D eigenvalue weighted by Crippen LogP contribution is 2.14. The lowest BCUT2D eigenvalue weighted by molar-refractivity contribution is -0.140. The molecule has 0 bridgehead atoms. The topological polar surface area (TPSA) is 79.2 Å². The molecular weight excluding hydrogens is 276 g/mol. The quantitative estimate of drug-likeness (QED) is 0.615. The third-order valence-corrected chi connectivity index (χ3v) is 3.46. The van der Waals surface area contributed by atoms with Gasteiger partial charge in [-0.3, -0.25) is 9.59 Å². The summed E-state index contributed by atoms with van der Waals surface area (Å²) in [4.78, 5) is 22.6. The standard InChI is InChI=1S/C14H16N2O3S/c1-19-14(18)7-9-20-8-6-13(17)16-12-5-3-2-4-11(12)10-15/h2-5H,6-9H2,1H3,(H,16,17). The van der Waals surface area contributed by atoms with E-state index in [0.717, 1.165) is 0 Å². The van der Waals surface area contributed by atoms with Crippen LogP contribution in [0.3, 0.4) is 0 Å². The maximum Gasteiger partial charge on any atom is 0.306 e. The summed E-state index contributed by atoms with van der Waals surface area (Å²) in [6.07, 6.45) is 0.686. The molecule has 0 aromatic heterocycles. The van der Waals surface area contributed by atoms with Crippen LogP contribution in [0.25, 0.3) is 0 Å². The number of carbonyl (C=O) groups is 2. The molecule has 0 radical (unpaired) electrons. The van der Waals surface area contributed by atoms with E-state index in [4.69, 9.17) is 5.26 Å². The minimum absolute atomic E-state index is 0.140. The van der Waals surface area contributed by atoms with Crippen LogP contribution in [0, 0.1) is 11.3 Å². The van der Waals surface area contributed by atoms with Crippen LogP contribution >= 0.6 is 11.8 Å². The zero-order valence-electron chi connectivity index (χ0n) is 11.2. The Labute approximate surface area is 122 Å². The first-order chi connectivity index (χ1) is 9.67. The highest BCUT2D eigenvalue weighted by Gasteiger charge is 2.06. The monoisotopic (exact) mass is 292 g/mol. The molecule has 0 aliphatic rings. The van der Waals surface area contributed by atoms with E-state index < -0.39 is 0 Å². The Balaban J connectivity index is 2.27. The second kappa shape index (κ2) is 8.99. The summed E-state index contributed by atoms with van der Waals surface area (Å²) >= 11 is 1.52. The number of hydrogen-bond acceptors (Lipinski definition) is 5. The molecule has 5 nitrogen and oxygen atoms in total. The molecule has 0 unspecified atom stereocenters. The largest absolute Gasteiger partial charge is 0.469 e. The van der Waals surface area contributed by atoms with E-state index in [1.165, 1.54) is 18.9 Å². The molecule has 0 saturated heterocycles. The van der Waals surface area contributed by atoms with Crippen molar-refractivity contribution < 1.29 is 14.3 Å². The molecule has 6 heteroatoms. The molecule has 1 aromatic rings. The number of nitrogens with one attached hydrogen (secondary N) is 1. The van der Waals surface area contributed by atoms with Gasteiger partial charge in [0.15, 0.2) is 0 Å². The van der Waals surface area contributed by atoms with E-state index in [9.17, 15) is 9.59 Å². The van der Waals surface area contributed by atoms with Crippen LogP contribution in [0.1, 0.15) is 18.4 Å². The zero-order valence-corrected chi connectivity index (χ0v) is 12.0. The fourth-order valence-electron chi connectivity index (χ4n) is 1.43. The number of thioether (sulfide) groups is 1. The van der Waals surface area contributed by atoms with Crippen LogP contribution in [0.15, 0.2) is 24.3 Å². The molecular formula is C14H16N2O3S. The van der Waals surface area contributed by atoms with Gasteiger partial charge in [0.1, 0.15) is 6.07 Å². The second-order valence-electron chi connectivity index (χ2n) is 3.89. The molecule has 0 saturated carbocycles. The molecule has 0 heterocycles. The number of methoxy groups -OCH3 is 1. The number of nitriles is 1. The normalized spacial score (nSPS) is 9.60. The first-order valence-corrected chi connectivity index (χ1v) is 7.26. The highest BCUT2D eigenvalue weighted by atomic mass is 32.2. The third kappa shape index (κ3) is 5.76. The lowest BCUT2D eigenvalue weighted by Crippen LogP contribution is -2.13. The maximum atomic E-state index is 11.7. The molecule has 20 heavy (non-hydrogen) atoms. The first kappa shape index (κ1) is 16.1. The molecule has 0 atom stereocenters. The zero-order chi connectivity index (χ0) is 14.8. The van der Waals surface area contributed by atoms with Crippen LogP contribution in [0.2, 0.25) is 0 Å². The molecule has 0 spiro atoms. The van der Waals surface area contributed by atoms with E-state index in [-0.39, 0.29) is 11.9 Å². The van der Waals surface area contributed by atoms with Crippen molar-refractivity contribution in [1.29, 1.82) is 5.26 Å². The Bertz CT molecular complexity index is 511. The molecule has 0 aliphatic heterocycles. The van der Waals surface area contributed by atoms with Crippen molar-refractivity contribution in [2.75, 3.05) is 23.9 Å². The summed E-state index contributed by atoms with van der Waals surface area (Å²) in [6.45, 7) is 0. The summed E-state index contributed by atoms with van der Waals surface area (Å²) in [5, 5.41) is 11.6. The summed E-state index contributed by atoms with van der Waals surface area (Å²) in [6, 6.07) is 8.89. The molecule has 0 fully saturated rings. The number of ether oxygens (including phenoxy) is 1. The molecule has 106 valence electrons. The van der Waals surface area contributed by atoms with E-state index in [1.54, 1.807) is 24.3 Å². The minimum Gasteiger partial charge on any atom is -0.469 e. The van der Waals surface area contributed by atoms with Gasteiger partial charge in [-0.05, 0) is 12.1 Å². The van der Waals surface area contributed by atoms with Gasteiger partial charge in [0.05, 0.1) is 24.8 Å². The lowest BCUT2D eigenvalue weighted by atomic mass is 10.2. The average Bonchev–Trinajstić information content (AvgIpc) is 2.47. The predicted molar refractivity (Wildman–Crippen MR) is 78.4 cm³/mol. The number of esters is 1. The minimum atomic E-state index is -0.245. The lowest BCUT2D eigenvalue weighted by Gasteiger charge is -2.06. The van der Waals surface area contributed by atoms with Crippen LogP contribution in [-0.4, -0.2) is 30.5 Å². The van der Waals surface area contributed by atoms with Crippen LogP contribution in [0.4, 0.5) is 5.69 Å². The molecule has 1 amide bonds. The van der Waals surface area contributed by atoms with Crippen molar-refractivity contribution in [2.45, 2.75) is 12.8 Å². The van der Waals surface area contributed by atoms with Crippen LogP contribution in [0.5, 0.6) is 0 Å². The van der Waals surface area contributed by atoms with Crippen molar-refractivity contribution in [3.8, 4) is 6.07 Å². The van der Waals surface area contributed by atoms with Gasteiger partial charge in [0, 0.05) is 17.9 Å². The van der Waals surface area contributed by atoms with Crippen molar-refractivity contribution in [2.24, 2.45) is 0 Å². The number of amides is 1. The van der Waals surface area contributed by atoms with Gasteiger partial charge >= 0.3 is 5.97 Å². The summed E-state index contributed by atoms with van der Waals surface area (Å²) < 4.78 is 4.52. The highest BCUT2D eigenvalue weighted by molar-refractivity contribution is 7.99. The summed E-state index contributed by atoms with van der Waals surface area (Å²) in [5.41, 5.74) is 0.971. The van der Waals surface area contributed by atoms with Crippen molar-refractivity contribution in [3.63, 3.8) is 0 Å². The smallest absolute Gasteiger partial charge is 0.306 e. The SMILES string of the molecule is COC(=O)CCSCCC(=O)Nc1ccccc1C#N. The number of benzene rings is 1. The number of rotatable bonds is 7. The molecule has 1 N–H and O–H groups in total. The van der Waals surface area contributed by atoms with Gasteiger partial charge in [-0.2, -0.15) is 17.0 Å². The van der Waals surface area contributed by atoms with Crippen LogP contribution < -0.4 is 5.32 Å². The average molecular weight is 292 g/mol. The van der Waals surface area contributed by atoms with Crippen molar-refractivity contribution in [1.82, 2.24) is 0 Å². The number of carbonyl (C=O) groups excluding carboxylic acids is 2. The molecule has 1 aromatic carbocycles. The Morgan fingerprint density at radius 3 is 2.70 bits per heavy atom. The Kier molecular flexibility index (Phi) is 7.22. The van der Waals surface area contributed by atoms with E-state index in [2.05, 4.69) is 10.1 Å². The predicted octanol–water partition coefficient (Wildman–Crippen LogP) is 2.18. The van der Waals surface area contributed by atoms with Gasteiger partial charge in [0.25, 0.3) is 0 Å². The van der Waals surface area contributed by atoms with Gasteiger partial charge in [0.2, 0.25) is 5.91 Å². The molecule has 1 rings (SSSR count). The first-order valence-electron chi connectivity index (χ1n) is 6.11. The third-order valence-electron chi connectivity index (χ3n) is 2.47. The maximum absolute atomic E-state index is 11.7. The van der Waals surface area contributed by atoms with E-state index in [1.807, 2.05) is 6.07 Å². The van der Waals surface area contributed by atoms with Crippen molar-refractivity contribution in [3.05, 3.63) is 29.8 Å².